The zero-order chi connectivity index (χ0) is 18.8. The molecule has 0 aromatic carbocycles. The predicted octanol–water partition coefficient (Wildman–Crippen LogP) is 2.72. The summed E-state index contributed by atoms with van der Waals surface area (Å²) in [6.45, 7) is 7.26. The van der Waals surface area contributed by atoms with Crippen LogP contribution in [0.2, 0.25) is 0 Å². The minimum atomic E-state index is -1.18. The van der Waals surface area contributed by atoms with E-state index in [4.69, 9.17) is 4.74 Å². The van der Waals surface area contributed by atoms with Crippen LogP contribution in [0.4, 0.5) is 0 Å². The van der Waals surface area contributed by atoms with Crippen LogP contribution >= 0.6 is 0 Å². The summed E-state index contributed by atoms with van der Waals surface area (Å²) in [6, 6.07) is 0. The van der Waals surface area contributed by atoms with Crippen LogP contribution in [0.25, 0.3) is 0 Å². The van der Waals surface area contributed by atoms with E-state index in [0.29, 0.717) is 38.5 Å². The molecule has 5 heteroatoms. The van der Waals surface area contributed by atoms with Gasteiger partial charge < -0.3 is 20.1 Å². The van der Waals surface area contributed by atoms with E-state index in [1.807, 2.05) is 13.8 Å². The number of esters is 1. The van der Waals surface area contributed by atoms with Crippen molar-refractivity contribution in [3.8, 4) is 0 Å². The number of carbonyl (C=O) groups is 1. The summed E-state index contributed by atoms with van der Waals surface area (Å²) in [4.78, 5) is 12.3. The molecule has 0 radical (unpaired) electrons. The molecule has 1 heterocycles. The monoisotopic (exact) mass is 354 g/mol. The molecule has 0 amide bonds. The molecule has 2 aliphatic rings. The summed E-state index contributed by atoms with van der Waals surface area (Å²) in [5.74, 6) is -0.493. The minimum Gasteiger partial charge on any atom is -0.459 e. The highest BCUT2D eigenvalue weighted by atomic mass is 16.6. The molecule has 0 saturated carbocycles. The molecular formula is C20H34O5. The van der Waals surface area contributed by atoms with E-state index in [1.54, 1.807) is 13.8 Å². The Balaban J connectivity index is 2.24. The summed E-state index contributed by atoms with van der Waals surface area (Å²) < 4.78 is 5.52. The number of carbonyl (C=O) groups excluding carboxylic acids is 1. The Labute approximate surface area is 151 Å². The molecule has 1 aliphatic heterocycles. The summed E-state index contributed by atoms with van der Waals surface area (Å²) in [7, 11) is 0. The van der Waals surface area contributed by atoms with E-state index in [9.17, 15) is 20.1 Å². The molecule has 2 rings (SSSR count). The average molecular weight is 354 g/mol. The lowest BCUT2D eigenvalue weighted by Gasteiger charge is -2.41. The van der Waals surface area contributed by atoms with Crippen molar-refractivity contribution < 1.29 is 24.9 Å². The summed E-state index contributed by atoms with van der Waals surface area (Å²) in [6.07, 6.45) is 4.85. The van der Waals surface area contributed by atoms with Crippen molar-refractivity contribution in [3.05, 3.63) is 11.6 Å². The highest BCUT2D eigenvalue weighted by Crippen LogP contribution is 2.38. The second kappa shape index (κ2) is 7.77. The lowest BCUT2D eigenvalue weighted by Crippen LogP contribution is -2.49. The van der Waals surface area contributed by atoms with Gasteiger partial charge in [0.05, 0.1) is 23.2 Å². The Kier molecular flexibility index (Phi) is 6.34. The van der Waals surface area contributed by atoms with Gasteiger partial charge in [0.1, 0.15) is 6.10 Å². The van der Waals surface area contributed by atoms with Crippen molar-refractivity contribution in [2.75, 3.05) is 0 Å². The molecule has 0 unspecified atom stereocenters. The Morgan fingerprint density at radius 1 is 1.16 bits per heavy atom. The molecule has 3 N–H and O–H groups in total. The Morgan fingerprint density at radius 3 is 2.52 bits per heavy atom. The fourth-order valence-electron chi connectivity index (χ4n) is 3.91. The number of fused-ring (bicyclic) bond motifs is 2. The van der Waals surface area contributed by atoms with Crippen LogP contribution in [0.15, 0.2) is 11.6 Å². The molecule has 0 aromatic rings. The average Bonchev–Trinajstić information content (AvgIpc) is 2.52. The number of hydrogen-bond acceptors (Lipinski definition) is 5. The van der Waals surface area contributed by atoms with Gasteiger partial charge in [0.25, 0.3) is 0 Å². The van der Waals surface area contributed by atoms with Gasteiger partial charge in [0.2, 0.25) is 0 Å². The van der Waals surface area contributed by atoms with Crippen LogP contribution in [0.1, 0.15) is 72.6 Å². The standard InChI is InChI=1S/C20H34O5/c1-13-6-5-10-20(4,24)17-12-15(14(2)18(22)25-17)9-11-19(3,23)16(21)8-7-13/h6,14-17,21,23-24H,5,7-12H2,1-4H3/b13-6+/t14-,15+,16-,17-,19+,20-/m1/s1. The number of rotatable bonds is 0. The van der Waals surface area contributed by atoms with Crippen molar-refractivity contribution in [2.24, 2.45) is 11.8 Å². The third-order valence-electron chi connectivity index (χ3n) is 6.24. The third-order valence-corrected chi connectivity index (χ3v) is 6.24. The quantitative estimate of drug-likeness (QED) is 0.460. The van der Waals surface area contributed by atoms with Gasteiger partial charge in [-0.1, -0.05) is 18.6 Å². The minimum absolute atomic E-state index is 0.0385. The second-order valence-electron chi connectivity index (χ2n) is 8.61. The van der Waals surface area contributed by atoms with Crippen LogP contribution in [0, 0.1) is 11.8 Å². The fraction of sp³-hybridized carbons (Fsp3) is 0.850. The predicted molar refractivity (Wildman–Crippen MR) is 95.9 cm³/mol. The topological polar surface area (TPSA) is 87.0 Å². The number of hydrogen-bond donors (Lipinski definition) is 3. The molecule has 0 spiro atoms. The molecule has 144 valence electrons. The maximum atomic E-state index is 12.3. The number of aliphatic hydroxyl groups is 3. The van der Waals surface area contributed by atoms with Gasteiger partial charge in [-0.25, -0.2) is 0 Å². The number of allylic oxidation sites excluding steroid dienone is 2. The lowest BCUT2D eigenvalue weighted by atomic mass is 9.75. The Hall–Kier alpha value is -0.910. The van der Waals surface area contributed by atoms with Crippen LogP contribution in [0.5, 0.6) is 0 Å². The van der Waals surface area contributed by atoms with Gasteiger partial charge in [-0.05, 0) is 71.6 Å². The molecule has 1 aliphatic carbocycles. The molecule has 1 fully saturated rings. The summed E-state index contributed by atoms with van der Waals surface area (Å²) in [5.41, 5.74) is -1.10. The first-order chi connectivity index (χ1) is 11.5. The first-order valence-corrected chi connectivity index (χ1v) is 9.52. The van der Waals surface area contributed by atoms with Crippen molar-refractivity contribution >= 4 is 5.97 Å². The Morgan fingerprint density at radius 2 is 1.84 bits per heavy atom. The normalized spacial score (nSPS) is 46.5. The second-order valence-corrected chi connectivity index (χ2v) is 8.61. The zero-order valence-electron chi connectivity index (χ0n) is 16.0. The van der Waals surface area contributed by atoms with Crippen LogP contribution in [-0.2, 0) is 9.53 Å². The largest absolute Gasteiger partial charge is 0.459 e. The lowest BCUT2D eigenvalue weighted by molar-refractivity contribution is -0.185. The van der Waals surface area contributed by atoms with Gasteiger partial charge in [0, 0.05) is 0 Å². The van der Waals surface area contributed by atoms with Crippen LogP contribution in [-0.4, -0.2) is 44.7 Å². The van der Waals surface area contributed by atoms with Crippen molar-refractivity contribution in [1.82, 2.24) is 0 Å². The molecular weight excluding hydrogens is 320 g/mol. The van der Waals surface area contributed by atoms with Gasteiger partial charge in [0.15, 0.2) is 0 Å². The first kappa shape index (κ1) is 20.4. The van der Waals surface area contributed by atoms with Gasteiger partial charge in [-0.3, -0.25) is 4.79 Å². The van der Waals surface area contributed by atoms with E-state index in [2.05, 4.69) is 6.08 Å². The SMILES string of the molecule is C/C1=C\CC[C@@](C)(O)[C@H]2C[C@H](CC[C@](C)(O)[C@H](O)CC1)[C@@H](C)C(=O)O2. The Bertz CT molecular complexity index is 508. The van der Waals surface area contributed by atoms with Crippen molar-refractivity contribution in [2.45, 2.75) is 96.1 Å². The zero-order valence-corrected chi connectivity index (χ0v) is 16.0. The van der Waals surface area contributed by atoms with E-state index in [-0.39, 0.29) is 17.8 Å². The van der Waals surface area contributed by atoms with Crippen molar-refractivity contribution in [1.29, 1.82) is 0 Å². The third kappa shape index (κ3) is 5.05. The van der Waals surface area contributed by atoms with E-state index in [0.717, 1.165) is 12.0 Å². The molecule has 0 aromatic heterocycles. The van der Waals surface area contributed by atoms with Gasteiger partial charge in [-0.15, -0.1) is 0 Å². The number of ether oxygens (including phenoxy) is 1. The highest BCUT2D eigenvalue weighted by Gasteiger charge is 2.44. The fourth-order valence-corrected chi connectivity index (χ4v) is 3.91. The summed E-state index contributed by atoms with van der Waals surface area (Å²) in [5, 5.41) is 31.9. The molecule has 1 saturated heterocycles. The summed E-state index contributed by atoms with van der Waals surface area (Å²) >= 11 is 0. The first-order valence-electron chi connectivity index (χ1n) is 9.52. The van der Waals surface area contributed by atoms with Gasteiger partial charge >= 0.3 is 5.97 Å². The van der Waals surface area contributed by atoms with Gasteiger partial charge in [-0.2, -0.15) is 0 Å². The van der Waals surface area contributed by atoms with E-state index in [1.165, 1.54) is 0 Å². The maximum absolute atomic E-state index is 12.3. The van der Waals surface area contributed by atoms with E-state index < -0.39 is 23.4 Å². The van der Waals surface area contributed by atoms with Crippen LogP contribution < -0.4 is 0 Å². The smallest absolute Gasteiger partial charge is 0.309 e. The number of aliphatic hydroxyl groups excluding tert-OH is 1. The molecule has 2 bridgehead atoms. The van der Waals surface area contributed by atoms with E-state index >= 15 is 0 Å². The highest BCUT2D eigenvalue weighted by molar-refractivity contribution is 5.73. The molecule has 6 atom stereocenters. The molecule has 25 heavy (non-hydrogen) atoms. The molecule has 5 nitrogen and oxygen atoms in total. The van der Waals surface area contributed by atoms with Crippen LogP contribution in [0.3, 0.4) is 0 Å². The van der Waals surface area contributed by atoms with Crippen molar-refractivity contribution in [3.63, 3.8) is 0 Å². The maximum Gasteiger partial charge on any atom is 0.309 e.